The average Bonchev–Trinajstić information content (AvgIpc) is 3.20. The molecule has 0 saturated heterocycles. The van der Waals surface area contributed by atoms with Gasteiger partial charge in [-0.15, -0.1) is 5.11 Å². The predicted octanol–water partition coefficient (Wildman–Crippen LogP) is 5.79. The second-order valence-electron chi connectivity index (χ2n) is 8.59. The average molecular weight is 458 g/mol. The van der Waals surface area contributed by atoms with Gasteiger partial charge < -0.3 is 5.32 Å². The van der Waals surface area contributed by atoms with E-state index in [1.54, 1.807) is 0 Å². The van der Waals surface area contributed by atoms with Gasteiger partial charge in [-0.3, -0.25) is 10.1 Å². The minimum Gasteiger partial charge on any atom is -0.309 e. The van der Waals surface area contributed by atoms with Crippen molar-refractivity contribution in [2.75, 3.05) is 0 Å². The Kier molecular flexibility index (Phi) is 7.00. The van der Waals surface area contributed by atoms with Crippen molar-refractivity contribution in [3.8, 4) is 0 Å². The van der Waals surface area contributed by atoms with Gasteiger partial charge >= 0.3 is 6.18 Å². The molecule has 0 spiro atoms. The highest BCUT2D eigenvalue weighted by molar-refractivity contribution is 6.06. The maximum atomic E-state index is 12.8. The third-order valence-corrected chi connectivity index (χ3v) is 4.74. The van der Waals surface area contributed by atoms with Gasteiger partial charge in [0.25, 0.3) is 5.91 Å². The molecular weight excluding hydrogens is 431 g/mol. The van der Waals surface area contributed by atoms with Gasteiger partial charge in [0.2, 0.25) is 5.96 Å². The van der Waals surface area contributed by atoms with Crippen molar-refractivity contribution in [2.24, 2.45) is 15.2 Å². The number of azo groups is 1. The summed E-state index contributed by atoms with van der Waals surface area (Å²) in [4.78, 5) is 17.1. The number of carbonyl (C=O) groups is 1. The normalized spacial score (nSPS) is 16.5. The highest BCUT2D eigenvalue weighted by atomic mass is 19.4. The van der Waals surface area contributed by atoms with Crippen LogP contribution < -0.4 is 10.6 Å². The summed E-state index contributed by atoms with van der Waals surface area (Å²) in [5.74, 6) is -0.0590. The molecule has 0 bridgehead atoms. The minimum absolute atomic E-state index is 0.0716. The van der Waals surface area contributed by atoms with Crippen LogP contribution in [0.2, 0.25) is 0 Å². The number of aliphatic imine (C=N–C) groups is 1. The highest BCUT2D eigenvalue weighted by Gasteiger charge is 2.30. The summed E-state index contributed by atoms with van der Waals surface area (Å²) >= 11 is 0. The topological polar surface area (TPSA) is 78.2 Å². The summed E-state index contributed by atoms with van der Waals surface area (Å²) < 4.78 is 38.3. The number of nitrogens with zero attached hydrogens (tertiary/aromatic N) is 3. The van der Waals surface area contributed by atoms with Crippen molar-refractivity contribution in [2.45, 2.75) is 51.9 Å². The first kappa shape index (κ1) is 24.2. The Labute approximate surface area is 190 Å². The standard InChI is InChI=1S/C24H26F3N5O/c1-5-15-6-8-16(9-7-15)19-14-20(32-31-19)28-22(30-23(2,3)4)29-21(33)17-10-12-18(13-11-17)24(25,26)27/h6-14,19H,5H2,1-4H3,(H2,28,29,30,33). The first-order chi connectivity index (χ1) is 15.4. The Morgan fingerprint density at radius 1 is 1.03 bits per heavy atom. The van der Waals surface area contributed by atoms with Gasteiger partial charge in [-0.2, -0.15) is 18.3 Å². The van der Waals surface area contributed by atoms with Gasteiger partial charge in [-0.05, 0) is 68.7 Å². The zero-order chi connectivity index (χ0) is 24.2. The molecule has 1 heterocycles. The van der Waals surface area contributed by atoms with Gasteiger partial charge in [-0.25, -0.2) is 4.99 Å². The van der Waals surface area contributed by atoms with E-state index in [2.05, 4.69) is 32.8 Å². The van der Waals surface area contributed by atoms with E-state index in [1.807, 2.05) is 51.1 Å². The summed E-state index contributed by atoms with van der Waals surface area (Å²) in [6.07, 6.45) is -1.72. The van der Waals surface area contributed by atoms with Crippen LogP contribution in [0.1, 0.15) is 60.8 Å². The van der Waals surface area contributed by atoms with Gasteiger partial charge in [0.1, 0.15) is 6.04 Å². The molecule has 0 radical (unpaired) electrons. The fourth-order valence-corrected chi connectivity index (χ4v) is 3.05. The SMILES string of the molecule is CCc1ccc(C2C=C(NC(=NC(C)(C)C)NC(=O)c3ccc(C(F)(F)F)cc3)N=N2)cc1. The Morgan fingerprint density at radius 3 is 2.21 bits per heavy atom. The molecular formula is C24H26F3N5O. The first-order valence-electron chi connectivity index (χ1n) is 10.5. The summed E-state index contributed by atoms with van der Waals surface area (Å²) in [5, 5.41) is 14.0. The van der Waals surface area contributed by atoms with E-state index in [0.29, 0.717) is 5.82 Å². The predicted molar refractivity (Wildman–Crippen MR) is 121 cm³/mol. The summed E-state index contributed by atoms with van der Waals surface area (Å²) in [5.41, 5.74) is 0.914. The molecule has 3 rings (SSSR count). The molecule has 1 unspecified atom stereocenters. The Bertz CT molecular complexity index is 1080. The minimum atomic E-state index is -4.47. The van der Waals surface area contributed by atoms with E-state index in [4.69, 9.17) is 0 Å². The molecule has 1 amide bonds. The van der Waals surface area contributed by atoms with Crippen LogP contribution in [0.25, 0.3) is 0 Å². The molecule has 9 heteroatoms. The van der Waals surface area contributed by atoms with Crippen LogP contribution >= 0.6 is 0 Å². The number of amides is 1. The maximum absolute atomic E-state index is 12.8. The molecule has 0 aromatic heterocycles. The molecule has 0 saturated carbocycles. The zero-order valence-electron chi connectivity index (χ0n) is 18.9. The quantitative estimate of drug-likeness (QED) is 0.450. The number of carbonyl (C=O) groups excluding carboxylic acids is 1. The number of alkyl halides is 3. The third-order valence-electron chi connectivity index (χ3n) is 4.74. The van der Waals surface area contributed by atoms with E-state index in [9.17, 15) is 18.0 Å². The lowest BCUT2D eigenvalue weighted by molar-refractivity contribution is -0.137. The fraction of sp³-hybridized carbons (Fsp3) is 0.333. The van der Waals surface area contributed by atoms with Gasteiger partial charge in [0, 0.05) is 5.56 Å². The number of benzene rings is 2. The lowest BCUT2D eigenvalue weighted by atomic mass is 10.0. The van der Waals surface area contributed by atoms with E-state index < -0.39 is 23.2 Å². The Balaban J connectivity index is 1.75. The van der Waals surface area contributed by atoms with Crippen LogP contribution in [0.3, 0.4) is 0 Å². The van der Waals surface area contributed by atoms with Crippen molar-refractivity contribution in [1.82, 2.24) is 10.6 Å². The number of halogens is 3. The molecule has 2 N–H and O–H groups in total. The molecule has 0 aliphatic carbocycles. The van der Waals surface area contributed by atoms with Crippen LogP contribution in [-0.2, 0) is 12.6 Å². The first-order valence-corrected chi connectivity index (χ1v) is 10.5. The second-order valence-corrected chi connectivity index (χ2v) is 8.59. The largest absolute Gasteiger partial charge is 0.416 e. The third kappa shape index (κ3) is 6.74. The second kappa shape index (κ2) is 9.56. The molecule has 174 valence electrons. The highest BCUT2D eigenvalue weighted by Crippen LogP contribution is 2.29. The monoisotopic (exact) mass is 457 g/mol. The lowest BCUT2D eigenvalue weighted by Gasteiger charge is -2.17. The van der Waals surface area contributed by atoms with E-state index in [0.717, 1.165) is 36.2 Å². The van der Waals surface area contributed by atoms with Gasteiger partial charge in [-0.1, -0.05) is 31.2 Å². The molecule has 0 fully saturated rings. The van der Waals surface area contributed by atoms with E-state index in [1.165, 1.54) is 5.56 Å². The Hall–Kier alpha value is -3.49. The lowest BCUT2D eigenvalue weighted by Crippen LogP contribution is -2.42. The molecule has 1 aliphatic rings. The van der Waals surface area contributed by atoms with Crippen molar-refractivity contribution >= 4 is 11.9 Å². The number of aryl methyl sites for hydroxylation is 1. The number of rotatable bonds is 4. The van der Waals surface area contributed by atoms with Crippen molar-refractivity contribution in [3.63, 3.8) is 0 Å². The van der Waals surface area contributed by atoms with Crippen molar-refractivity contribution < 1.29 is 18.0 Å². The van der Waals surface area contributed by atoms with Crippen molar-refractivity contribution in [1.29, 1.82) is 0 Å². The maximum Gasteiger partial charge on any atom is 0.416 e. The fourth-order valence-electron chi connectivity index (χ4n) is 3.05. The van der Waals surface area contributed by atoms with Crippen LogP contribution in [0.4, 0.5) is 13.2 Å². The molecule has 1 aliphatic heterocycles. The van der Waals surface area contributed by atoms with Crippen LogP contribution in [-0.4, -0.2) is 17.4 Å². The van der Waals surface area contributed by atoms with E-state index >= 15 is 0 Å². The molecule has 1 atom stereocenters. The summed E-state index contributed by atoms with van der Waals surface area (Å²) in [6.45, 7) is 7.63. The van der Waals surface area contributed by atoms with Gasteiger partial charge in [0.15, 0.2) is 5.82 Å². The van der Waals surface area contributed by atoms with Crippen LogP contribution in [0.15, 0.2) is 75.6 Å². The molecule has 2 aromatic rings. The van der Waals surface area contributed by atoms with Crippen LogP contribution in [0.5, 0.6) is 0 Å². The Morgan fingerprint density at radius 2 is 1.67 bits per heavy atom. The number of hydrogen-bond acceptors (Lipinski definition) is 4. The van der Waals surface area contributed by atoms with Crippen LogP contribution in [0, 0.1) is 0 Å². The number of guanidine groups is 1. The van der Waals surface area contributed by atoms with Gasteiger partial charge in [0.05, 0.1) is 11.1 Å². The summed E-state index contributed by atoms with van der Waals surface area (Å²) in [6, 6.07) is 11.8. The molecule has 33 heavy (non-hydrogen) atoms. The van der Waals surface area contributed by atoms with Crippen molar-refractivity contribution in [3.05, 3.63) is 82.7 Å². The number of hydrogen-bond donors (Lipinski definition) is 2. The van der Waals surface area contributed by atoms with E-state index in [-0.39, 0.29) is 17.6 Å². The molecule has 6 nitrogen and oxygen atoms in total. The zero-order valence-corrected chi connectivity index (χ0v) is 18.9. The molecule has 2 aromatic carbocycles. The summed E-state index contributed by atoms with van der Waals surface area (Å²) in [7, 11) is 0. The smallest absolute Gasteiger partial charge is 0.309 e. The number of nitrogens with one attached hydrogen (secondary N) is 2.